The predicted octanol–water partition coefficient (Wildman–Crippen LogP) is 3.46. The summed E-state index contributed by atoms with van der Waals surface area (Å²) in [7, 11) is 0. The second kappa shape index (κ2) is 11.2. The first-order valence-corrected chi connectivity index (χ1v) is 7.30. The Bertz CT molecular complexity index is 413. The third-order valence-electron chi connectivity index (χ3n) is 2.71. The van der Waals surface area contributed by atoms with Crippen LogP contribution in [0.3, 0.4) is 0 Å². The molecule has 0 radical (unpaired) electrons. The molecule has 1 amide bonds. The Morgan fingerprint density at radius 3 is 2.60 bits per heavy atom. The van der Waals surface area contributed by atoms with E-state index < -0.39 is 0 Å². The molecule has 0 atom stereocenters. The molecule has 0 aliphatic carbocycles. The lowest BCUT2D eigenvalue weighted by Crippen LogP contribution is -2.35. The highest BCUT2D eigenvalue weighted by Gasteiger charge is 2.02. The maximum atomic E-state index is 11.5. The summed E-state index contributed by atoms with van der Waals surface area (Å²) in [5.41, 5.74) is 1.06. The zero-order chi connectivity index (χ0) is 14.1. The van der Waals surface area contributed by atoms with Gasteiger partial charge in [-0.15, -0.1) is 12.4 Å². The molecule has 0 heterocycles. The summed E-state index contributed by atoms with van der Waals surface area (Å²) in [4.78, 5) is 11.5. The van der Waals surface area contributed by atoms with Gasteiger partial charge in [0.2, 0.25) is 5.91 Å². The Morgan fingerprint density at radius 2 is 1.95 bits per heavy atom. The third kappa shape index (κ3) is 7.95. The van der Waals surface area contributed by atoms with Gasteiger partial charge in [-0.2, -0.15) is 0 Å². The van der Waals surface area contributed by atoms with E-state index >= 15 is 0 Å². The van der Waals surface area contributed by atoms with E-state index in [1.165, 1.54) is 0 Å². The number of amides is 1. The topological polar surface area (TPSA) is 41.1 Å². The smallest absolute Gasteiger partial charge is 0.233 e. The first-order chi connectivity index (χ1) is 9.13. The maximum absolute atomic E-state index is 11.5. The molecule has 2 N–H and O–H groups in total. The Hall–Kier alpha value is -0.480. The molecule has 0 saturated carbocycles. The highest BCUT2D eigenvalue weighted by atomic mass is 35.5. The van der Waals surface area contributed by atoms with Crippen molar-refractivity contribution < 1.29 is 4.79 Å². The lowest BCUT2D eigenvalue weighted by Gasteiger charge is -2.07. The van der Waals surface area contributed by atoms with Crippen molar-refractivity contribution in [3.8, 4) is 0 Å². The minimum Gasteiger partial charge on any atom is -0.355 e. The molecule has 114 valence electrons. The van der Waals surface area contributed by atoms with Crippen LogP contribution in [0.15, 0.2) is 18.2 Å². The Morgan fingerprint density at radius 1 is 1.20 bits per heavy atom. The summed E-state index contributed by atoms with van der Waals surface area (Å²) in [6.45, 7) is 3.99. The summed E-state index contributed by atoms with van der Waals surface area (Å²) in [5.74, 6) is 0.0242. The zero-order valence-electron chi connectivity index (χ0n) is 11.5. The molecule has 0 aliphatic rings. The molecule has 6 heteroatoms. The van der Waals surface area contributed by atoms with E-state index in [1.54, 1.807) is 6.07 Å². The van der Waals surface area contributed by atoms with Crippen LogP contribution in [0.1, 0.15) is 25.3 Å². The SMILES string of the molecule is CCCCNCC(=O)NCCc1ccc(Cl)c(Cl)c1.Cl. The standard InChI is InChI=1S/C14H20Cl2N2O.ClH/c1-2-3-7-17-10-14(19)18-8-6-11-4-5-12(15)13(16)9-11;/h4-5,9,17H,2-3,6-8,10H2,1H3,(H,18,19);1H. The molecule has 0 fully saturated rings. The summed E-state index contributed by atoms with van der Waals surface area (Å²) < 4.78 is 0. The number of hydrogen-bond donors (Lipinski definition) is 2. The molecular formula is C14H21Cl3N2O. The number of nitrogens with one attached hydrogen (secondary N) is 2. The lowest BCUT2D eigenvalue weighted by atomic mass is 10.1. The van der Waals surface area contributed by atoms with Crippen LogP contribution in [-0.4, -0.2) is 25.5 Å². The molecule has 0 saturated heterocycles. The quantitative estimate of drug-likeness (QED) is 0.712. The zero-order valence-corrected chi connectivity index (χ0v) is 13.9. The van der Waals surface area contributed by atoms with Gasteiger partial charge in [0.15, 0.2) is 0 Å². The van der Waals surface area contributed by atoms with Gasteiger partial charge >= 0.3 is 0 Å². The normalized spacial score (nSPS) is 9.95. The van der Waals surface area contributed by atoms with Crippen molar-refractivity contribution in [3.63, 3.8) is 0 Å². The molecular weight excluding hydrogens is 319 g/mol. The largest absolute Gasteiger partial charge is 0.355 e. The van der Waals surface area contributed by atoms with E-state index in [2.05, 4.69) is 17.6 Å². The number of carbonyl (C=O) groups excluding carboxylic acids is 1. The molecule has 0 unspecified atom stereocenters. The van der Waals surface area contributed by atoms with Crippen molar-refractivity contribution in [1.29, 1.82) is 0 Å². The minimum atomic E-state index is 0. The van der Waals surface area contributed by atoms with Gasteiger partial charge in [0, 0.05) is 6.54 Å². The van der Waals surface area contributed by atoms with E-state index in [-0.39, 0.29) is 18.3 Å². The van der Waals surface area contributed by atoms with Crippen molar-refractivity contribution in [2.75, 3.05) is 19.6 Å². The van der Waals surface area contributed by atoms with Crippen LogP contribution in [0.25, 0.3) is 0 Å². The van der Waals surface area contributed by atoms with Gasteiger partial charge in [0.25, 0.3) is 0 Å². The second-order valence-electron chi connectivity index (χ2n) is 4.38. The number of carbonyl (C=O) groups is 1. The molecule has 1 aromatic carbocycles. The first kappa shape index (κ1) is 19.5. The van der Waals surface area contributed by atoms with Gasteiger partial charge in [-0.25, -0.2) is 0 Å². The van der Waals surface area contributed by atoms with E-state index in [9.17, 15) is 4.79 Å². The molecule has 3 nitrogen and oxygen atoms in total. The van der Waals surface area contributed by atoms with Gasteiger partial charge < -0.3 is 10.6 Å². The van der Waals surface area contributed by atoms with Gasteiger partial charge in [0.05, 0.1) is 16.6 Å². The number of hydrogen-bond acceptors (Lipinski definition) is 2. The fourth-order valence-electron chi connectivity index (χ4n) is 1.61. The van der Waals surface area contributed by atoms with Crippen LogP contribution >= 0.6 is 35.6 Å². The van der Waals surface area contributed by atoms with Gasteiger partial charge in [-0.1, -0.05) is 42.6 Å². The minimum absolute atomic E-state index is 0. The first-order valence-electron chi connectivity index (χ1n) is 6.54. The van der Waals surface area contributed by atoms with Crippen LogP contribution in [-0.2, 0) is 11.2 Å². The Balaban J connectivity index is 0.00000361. The van der Waals surface area contributed by atoms with Crippen molar-refractivity contribution in [3.05, 3.63) is 33.8 Å². The van der Waals surface area contributed by atoms with E-state index in [4.69, 9.17) is 23.2 Å². The molecule has 0 aromatic heterocycles. The average molecular weight is 340 g/mol. The van der Waals surface area contributed by atoms with Crippen LogP contribution in [0.2, 0.25) is 10.0 Å². The van der Waals surface area contributed by atoms with Crippen molar-refractivity contribution >= 4 is 41.5 Å². The molecule has 20 heavy (non-hydrogen) atoms. The van der Waals surface area contributed by atoms with Gasteiger partial charge in [0.1, 0.15) is 0 Å². The van der Waals surface area contributed by atoms with E-state index in [1.807, 2.05) is 12.1 Å². The molecule has 0 spiro atoms. The van der Waals surface area contributed by atoms with Crippen LogP contribution in [0.4, 0.5) is 0 Å². The third-order valence-corrected chi connectivity index (χ3v) is 3.45. The molecule has 0 bridgehead atoms. The summed E-state index contributed by atoms with van der Waals surface area (Å²) >= 11 is 11.8. The summed E-state index contributed by atoms with van der Waals surface area (Å²) in [6, 6.07) is 5.52. The van der Waals surface area contributed by atoms with Crippen LogP contribution in [0.5, 0.6) is 0 Å². The van der Waals surface area contributed by atoms with Crippen LogP contribution < -0.4 is 10.6 Å². The molecule has 1 rings (SSSR count). The van der Waals surface area contributed by atoms with Gasteiger partial charge in [-0.3, -0.25) is 4.79 Å². The van der Waals surface area contributed by atoms with E-state index in [0.717, 1.165) is 31.4 Å². The predicted molar refractivity (Wildman–Crippen MR) is 88.2 cm³/mol. The number of halogens is 3. The molecule has 1 aromatic rings. The fraction of sp³-hybridized carbons (Fsp3) is 0.500. The van der Waals surface area contributed by atoms with Crippen molar-refractivity contribution in [2.45, 2.75) is 26.2 Å². The van der Waals surface area contributed by atoms with Crippen molar-refractivity contribution in [1.82, 2.24) is 10.6 Å². The number of unbranched alkanes of at least 4 members (excludes halogenated alkanes) is 1. The number of benzene rings is 1. The maximum Gasteiger partial charge on any atom is 0.233 e. The Kier molecular flexibility index (Phi) is 10.9. The lowest BCUT2D eigenvalue weighted by molar-refractivity contribution is -0.120. The Labute approximate surface area is 136 Å². The van der Waals surface area contributed by atoms with Crippen LogP contribution in [0, 0.1) is 0 Å². The van der Waals surface area contributed by atoms with E-state index in [0.29, 0.717) is 23.1 Å². The monoisotopic (exact) mass is 338 g/mol. The second-order valence-corrected chi connectivity index (χ2v) is 5.19. The molecule has 0 aliphatic heterocycles. The number of rotatable bonds is 8. The highest BCUT2D eigenvalue weighted by Crippen LogP contribution is 2.22. The summed E-state index contributed by atoms with van der Waals surface area (Å²) in [6.07, 6.45) is 2.97. The fourth-order valence-corrected chi connectivity index (χ4v) is 1.93. The average Bonchev–Trinajstić information content (AvgIpc) is 2.39. The highest BCUT2D eigenvalue weighted by molar-refractivity contribution is 6.42. The van der Waals surface area contributed by atoms with Gasteiger partial charge in [-0.05, 0) is 37.1 Å². The van der Waals surface area contributed by atoms with Crippen molar-refractivity contribution in [2.24, 2.45) is 0 Å². The summed E-state index contributed by atoms with van der Waals surface area (Å²) in [5, 5.41) is 7.06.